The van der Waals surface area contributed by atoms with E-state index in [0.717, 1.165) is 16.9 Å². The molecule has 3 amide bonds. The SMILES string of the molecule is CNC(=O)c1ncc(C(N)=O)c(N2CCNC(=O)CC2)c1-c1nnc(OCc2ccc(Cl)cc2)s1. The molecular formula is C22H22ClN7O4S. The number of ether oxygens (including phenoxy) is 1. The maximum Gasteiger partial charge on any atom is 0.294 e. The normalized spacial score (nSPS) is 13.7. The Kier molecular flexibility index (Phi) is 7.42. The first-order valence-corrected chi connectivity index (χ1v) is 11.8. The number of amides is 3. The predicted molar refractivity (Wildman–Crippen MR) is 131 cm³/mol. The molecular weight excluding hydrogens is 494 g/mol. The summed E-state index contributed by atoms with van der Waals surface area (Å²) in [6, 6.07) is 7.19. The lowest BCUT2D eigenvalue weighted by Crippen LogP contribution is -2.32. The molecule has 3 aromatic rings. The summed E-state index contributed by atoms with van der Waals surface area (Å²) < 4.78 is 5.78. The zero-order chi connectivity index (χ0) is 24.9. The van der Waals surface area contributed by atoms with Crippen LogP contribution in [0.4, 0.5) is 5.69 Å². The summed E-state index contributed by atoms with van der Waals surface area (Å²) in [6.45, 7) is 1.31. The first-order chi connectivity index (χ1) is 16.9. The van der Waals surface area contributed by atoms with Crippen molar-refractivity contribution in [3.05, 3.63) is 52.3 Å². The fraction of sp³-hybridized carbons (Fsp3) is 0.273. The van der Waals surface area contributed by atoms with Gasteiger partial charge in [-0.3, -0.25) is 14.4 Å². The van der Waals surface area contributed by atoms with Crippen LogP contribution in [0.5, 0.6) is 5.19 Å². The maximum atomic E-state index is 12.7. The van der Waals surface area contributed by atoms with Crippen LogP contribution >= 0.6 is 22.9 Å². The van der Waals surface area contributed by atoms with Gasteiger partial charge in [-0.15, -0.1) is 5.10 Å². The molecule has 0 radical (unpaired) electrons. The topological polar surface area (TPSA) is 152 Å². The molecule has 2 aromatic heterocycles. The molecule has 0 saturated carbocycles. The molecule has 1 aromatic carbocycles. The van der Waals surface area contributed by atoms with E-state index in [-0.39, 0.29) is 35.4 Å². The van der Waals surface area contributed by atoms with Crippen molar-refractivity contribution in [2.75, 3.05) is 31.6 Å². The molecule has 0 atom stereocenters. The average molecular weight is 516 g/mol. The Balaban J connectivity index is 1.76. The minimum absolute atomic E-state index is 0.0523. The Hall–Kier alpha value is -3.77. The van der Waals surface area contributed by atoms with Crippen LogP contribution in [0.15, 0.2) is 30.5 Å². The van der Waals surface area contributed by atoms with Gasteiger partial charge in [-0.1, -0.05) is 40.2 Å². The molecule has 0 unspecified atom stereocenters. The Morgan fingerprint density at radius 3 is 2.74 bits per heavy atom. The summed E-state index contributed by atoms with van der Waals surface area (Å²) in [5.74, 6) is -1.30. The summed E-state index contributed by atoms with van der Waals surface area (Å²) in [5.41, 5.74) is 7.39. The van der Waals surface area contributed by atoms with Crippen molar-refractivity contribution >= 4 is 46.3 Å². The van der Waals surface area contributed by atoms with E-state index in [1.807, 2.05) is 17.0 Å². The molecule has 35 heavy (non-hydrogen) atoms. The van der Waals surface area contributed by atoms with Crippen LogP contribution in [0.3, 0.4) is 0 Å². The van der Waals surface area contributed by atoms with E-state index in [4.69, 9.17) is 22.1 Å². The van der Waals surface area contributed by atoms with E-state index in [1.54, 1.807) is 12.1 Å². The highest BCUT2D eigenvalue weighted by Crippen LogP contribution is 2.39. The number of carbonyl (C=O) groups excluding carboxylic acids is 3. The first-order valence-electron chi connectivity index (χ1n) is 10.6. The number of halogens is 1. The van der Waals surface area contributed by atoms with E-state index < -0.39 is 11.8 Å². The largest absolute Gasteiger partial charge is 0.464 e. The van der Waals surface area contributed by atoms with Crippen LogP contribution in [0.2, 0.25) is 5.02 Å². The summed E-state index contributed by atoms with van der Waals surface area (Å²) in [4.78, 5) is 43.0. The lowest BCUT2D eigenvalue weighted by Gasteiger charge is -2.27. The van der Waals surface area contributed by atoms with Crippen LogP contribution < -0.4 is 26.0 Å². The summed E-state index contributed by atoms with van der Waals surface area (Å²) in [5, 5.41) is 14.9. The number of nitrogens with two attached hydrogens (primary N) is 1. The predicted octanol–water partition coefficient (Wildman–Crippen LogP) is 1.62. The second-order valence-corrected chi connectivity index (χ2v) is 8.94. The van der Waals surface area contributed by atoms with Gasteiger partial charge in [-0.25, -0.2) is 4.98 Å². The number of anilines is 1. The maximum absolute atomic E-state index is 12.7. The summed E-state index contributed by atoms with van der Waals surface area (Å²) >= 11 is 7.03. The van der Waals surface area contributed by atoms with Crippen LogP contribution in [-0.4, -0.2) is 59.6 Å². The molecule has 3 heterocycles. The molecule has 1 saturated heterocycles. The van der Waals surface area contributed by atoms with E-state index in [0.29, 0.717) is 40.9 Å². The number of benzene rings is 1. The Morgan fingerprint density at radius 1 is 1.26 bits per heavy atom. The van der Waals surface area contributed by atoms with Crippen LogP contribution in [0.25, 0.3) is 10.6 Å². The van der Waals surface area contributed by atoms with E-state index in [1.165, 1.54) is 13.2 Å². The van der Waals surface area contributed by atoms with E-state index in [2.05, 4.69) is 25.8 Å². The van der Waals surface area contributed by atoms with Crippen molar-refractivity contribution in [2.45, 2.75) is 13.0 Å². The number of hydrogen-bond donors (Lipinski definition) is 3. The molecule has 1 fully saturated rings. The van der Waals surface area contributed by atoms with Gasteiger partial charge >= 0.3 is 0 Å². The third kappa shape index (κ3) is 5.49. The quantitative estimate of drug-likeness (QED) is 0.429. The fourth-order valence-electron chi connectivity index (χ4n) is 3.59. The van der Waals surface area contributed by atoms with Crippen molar-refractivity contribution < 1.29 is 19.1 Å². The van der Waals surface area contributed by atoms with Crippen molar-refractivity contribution in [3.63, 3.8) is 0 Å². The molecule has 1 aliphatic heterocycles. The molecule has 11 nitrogen and oxygen atoms in total. The van der Waals surface area contributed by atoms with Crippen LogP contribution in [0, 0.1) is 0 Å². The number of nitrogens with one attached hydrogen (secondary N) is 2. The molecule has 4 rings (SSSR count). The average Bonchev–Trinajstić information content (AvgIpc) is 3.22. The van der Waals surface area contributed by atoms with Gasteiger partial charge in [-0.05, 0) is 17.7 Å². The molecule has 1 aliphatic rings. The van der Waals surface area contributed by atoms with Gasteiger partial charge in [0.25, 0.3) is 17.0 Å². The van der Waals surface area contributed by atoms with Gasteiger partial charge in [-0.2, -0.15) is 0 Å². The molecule has 0 spiro atoms. The number of primary amides is 1. The number of pyridine rings is 1. The number of aromatic nitrogens is 3. The van der Waals surface area contributed by atoms with Crippen molar-refractivity contribution in [1.29, 1.82) is 0 Å². The Labute approximate surface area is 209 Å². The lowest BCUT2D eigenvalue weighted by atomic mass is 10.0. The van der Waals surface area contributed by atoms with Crippen molar-refractivity contribution in [2.24, 2.45) is 5.73 Å². The van der Waals surface area contributed by atoms with Gasteiger partial charge in [0, 0.05) is 44.3 Å². The summed E-state index contributed by atoms with van der Waals surface area (Å²) in [7, 11) is 1.48. The molecule has 182 valence electrons. The number of rotatable bonds is 7. The minimum Gasteiger partial charge on any atom is -0.464 e. The highest BCUT2D eigenvalue weighted by molar-refractivity contribution is 7.16. The monoisotopic (exact) mass is 515 g/mol. The molecule has 0 aliphatic carbocycles. The molecule has 4 N–H and O–H groups in total. The smallest absolute Gasteiger partial charge is 0.294 e. The minimum atomic E-state index is -0.718. The lowest BCUT2D eigenvalue weighted by molar-refractivity contribution is -0.120. The third-order valence-electron chi connectivity index (χ3n) is 5.28. The third-order valence-corrected chi connectivity index (χ3v) is 6.39. The van der Waals surface area contributed by atoms with Crippen molar-refractivity contribution in [3.8, 4) is 15.8 Å². The Bertz CT molecular complexity index is 1270. The van der Waals surface area contributed by atoms with Gasteiger partial charge in [0.15, 0.2) is 5.01 Å². The highest BCUT2D eigenvalue weighted by atomic mass is 35.5. The Morgan fingerprint density at radius 2 is 2.03 bits per heavy atom. The van der Waals surface area contributed by atoms with Gasteiger partial charge < -0.3 is 26.0 Å². The van der Waals surface area contributed by atoms with Crippen molar-refractivity contribution in [1.82, 2.24) is 25.8 Å². The van der Waals surface area contributed by atoms with E-state index >= 15 is 0 Å². The van der Waals surface area contributed by atoms with Crippen LogP contribution in [-0.2, 0) is 11.4 Å². The number of carbonyl (C=O) groups is 3. The van der Waals surface area contributed by atoms with Gasteiger partial charge in [0.05, 0.1) is 16.8 Å². The van der Waals surface area contributed by atoms with Crippen LogP contribution in [0.1, 0.15) is 32.8 Å². The van der Waals surface area contributed by atoms with Gasteiger partial charge in [0.2, 0.25) is 5.91 Å². The highest BCUT2D eigenvalue weighted by Gasteiger charge is 2.30. The first kappa shape index (κ1) is 24.4. The standard InChI is InChI=1S/C22H22ClN7O4S/c1-25-20(33)17-16(21-28-29-22(35-21)34-11-12-2-4-13(23)5-3-12)18(14(10-27-17)19(24)32)30-8-6-15(31)26-7-9-30/h2-5,10H,6-9,11H2,1H3,(H2,24,32)(H,25,33)(H,26,31). The molecule has 0 bridgehead atoms. The number of nitrogens with zero attached hydrogens (tertiary/aromatic N) is 4. The number of hydrogen-bond acceptors (Lipinski definition) is 9. The fourth-order valence-corrected chi connectivity index (χ4v) is 4.46. The zero-order valence-corrected chi connectivity index (χ0v) is 20.3. The molecule has 13 heteroatoms. The van der Waals surface area contributed by atoms with E-state index in [9.17, 15) is 14.4 Å². The summed E-state index contributed by atoms with van der Waals surface area (Å²) in [6.07, 6.45) is 1.48. The zero-order valence-electron chi connectivity index (χ0n) is 18.7. The second-order valence-electron chi connectivity index (χ2n) is 7.56. The van der Waals surface area contributed by atoms with Gasteiger partial charge in [0.1, 0.15) is 12.3 Å². The second kappa shape index (κ2) is 10.7.